The summed E-state index contributed by atoms with van der Waals surface area (Å²) < 4.78 is 0. The standard InChI is InChI=1S/C42H54N8O6S2.Fe/c1-19-25(9-11-37(51)52)33-16-34-26(10-12-38(53)54)20(2)30(48-34)14-35-40(24(6)58-18-28(44)42(56)46-8)22(4)32(50-35)15-36-39(21(3)31(49-36)13-29(19)47-33)23(5)57-17-27(43)41(55)45-7;/h13-16,23-24,27-28H,9-12,17-18,43-44H2,1-8H3,(H6,45,46,47,48,49,50,51,52,53,54,55,56);/q;+2/p-2. The van der Waals surface area contributed by atoms with E-state index in [-0.39, 0.29) is 65.1 Å². The van der Waals surface area contributed by atoms with Gasteiger partial charge in [0, 0.05) is 48.9 Å². The number of carboxylic acid groups (broad SMARTS) is 2. The van der Waals surface area contributed by atoms with Crippen LogP contribution in [-0.4, -0.2) is 92.1 Å². The molecule has 17 heteroatoms. The predicted octanol–water partition coefficient (Wildman–Crippen LogP) is 4.47. The molecule has 59 heavy (non-hydrogen) atoms. The van der Waals surface area contributed by atoms with E-state index in [1.165, 1.54) is 0 Å². The van der Waals surface area contributed by atoms with Gasteiger partial charge in [0.05, 0.1) is 34.9 Å². The maximum Gasteiger partial charge on any atom is 2.00 e. The van der Waals surface area contributed by atoms with E-state index in [0.717, 1.165) is 44.5 Å². The molecular weight excluding hydrogens is 832 g/mol. The molecule has 3 aromatic heterocycles. The first-order valence-electron chi connectivity index (χ1n) is 19.1. The number of hydrogen-bond acceptors (Lipinski definition) is 10. The summed E-state index contributed by atoms with van der Waals surface area (Å²) in [6.07, 6.45) is 0.247. The molecule has 0 radical (unpaired) electrons. The van der Waals surface area contributed by atoms with Crippen molar-refractivity contribution in [3.8, 4) is 0 Å². The van der Waals surface area contributed by atoms with Gasteiger partial charge in [0.1, 0.15) is 0 Å². The fourth-order valence-corrected chi connectivity index (χ4v) is 9.53. The smallest absolute Gasteiger partial charge is 0.657 e. The van der Waals surface area contributed by atoms with Crippen molar-refractivity contribution in [2.45, 2.75) is 89.8 Å². The van der Waals surface area contributed by atoms with Crippen LogP contribution in [-0.2, 0) is 49.1 Å². The van der Waals surface area contributed by atoms with Gasteiger partial charge in [-0.05, 0) is 82.7 Å². The van der Waals surface area contributed by atoms with Crippen LogP contribution in [0.3, 0.4) is 0 Å². The molecule has 0 saturated carbocycles. The second-order valence-electron chi connectivity index (χ2n) is 14.6. The molecule has 5 rings (SSSR count). The van der Waals surface area contributed by atoms with Crippen molar-refractivity contribution in [3.63, 3.8) is 0 Å². The first-order chi connectivity index (χ1) is 27.4. The normalized spacial score (nSPS) is 14.7. The first-order valence-corrected chi connectivity index (χ1v) is 21.2. The number of aryl methyl sites for hydroxylation is 4. The topological polar surface area (TPSA) is 239 Å². The molecule has 0 aromatic carbocycles. The first kappa shape index (κ1) is 47.3. The van der Waals surface area contributed by atoms with E-state index in [0.29, 0.717) is 56.3 Å². The molecule has 2 aliphatic rings. The van der Waals surface area contributed by atoms with Gasteiger partial charge in [0.2, 0.25) is 11.8 Å². The number of carboxylic acids is 2. The number of hydrogen-bond donors (Lipinski definition) is 6. The monoisotopic (exact) mass is 884 g/mol. The van der Waals surface area contributed by atoms with E-state index in [1.54, 1.807) is 37.6 Å². The summed E-state index contributed by atoms with van der Waals surface area (Å²) in [5, 5.41) is 24.3. The zero-order valence-electron chi connectivity index (χ0n) is 34.5. The molecule has 0 saturated heterocycles. The molecule has 5 heterocycles. The van der Waals surface area contributed by atoms with Gasteiger partial charge >= 0.3 is 29.0 Å². The fraction of sp³-hybridized carbons (Fsp3) is 0.429. The Morgan fingerprint density at radius 3 is 1.41 bits per heavy atom. The van der Waals surface area contributed by atoms with Crippen LogP contribution in [0.2, 0.25) is 0 Å². The number of aromatic nitrogens is 4. The molecule has 8 N–H and O–H groups in total. The number of thioether (sulfide) groups is 2. The SMILES string of the molecule is CNC(=O)C(N)CSC(C)C1=C(C)c2cc3[n-]c(cc4[n-]c(cc5nc(cc1n2)C(C)=C5C(C)SCC(N)C(=O)NC)c(C)c4CCC(=O)O)c(CCC(=O)O)c3C.[Fe+2]. The van der Waals surface area contributed by atoms with Crippen molar-refractivity contribution in [1.29, 1.82) is 0 Å². The number of amides is 2. The van der Waals surface area contributed by atoms with E-state index in [1.807, 2.05) is 52.0 Å². The summed E-state index contributed by atoms with van der Waals surface area (Å²) in [7, 11) is 3.12. The zero-order chi connectivity index (χ0) is 42.6. The number of nitrogens with zero attached hydrogens (tertiary/aromatic N) is 4. The number of fused-ring (bicyclic) bond motifs is 8. The van der Waals surface area contributed by atoms with Crippen LogP contribution in [0.15, 0.2) is 24.3 Å². The van der Waals surface area contributed by atoms with E-state index in [4.69, 9.17) is 31.4 Å². The number of carbonyl (C=O) groups excluding carboxylic acids is 2. The van der Waals surface area contributed by atoms with Crippen LogP contribution in [0.5, 0.6) is 0 Å². The molecule has 8 bridgehead atoms. The van der Waals surface area contributed by atoms with Crippen molar-refractivity contribution in [1.82, 2.24) is 30.6 Å². The van der Waals surface area contributed by atoms with Crippen molar-refractivity contribution >= 4 is 91.6 Å². The number of aliphatic carboxylic acids is 2. The average Bonchev–Trinajstić information content (AvgIpc) is 3.85. The van der Waals surface area contributed by atoms with Crippen LogP contribution in [0.25, 0.3) is 44.4 Å². The molecule has 2 amide bonds. The second kappa shape index (κ2) is 20.3. The maximum absolute atomic E-state index is 12.3. The number of likely N-dealkylation sites (N-methyl/N-ethyl adjacent to an activating group) is 2. The summed E-state index contributed by atoms with van der Waals surface area (Å²) in [6.45, 7) is 12.0. The summed E-state index contributed by atoms with van der Waals surface area (Å²) in [4.78, 5) is 68.6. The molecule has 4 atom stereocenters. The number of nitrogens with one attached hydrogen (secondary N) is 2. The molecule has 0 aliphatic carbocycles. The minimum absolute atomic E-state index is 0. The van der Waals surface area contributed by atoms with E-state index in [9.17, 15) is 29.4 Å². The van der Waals surface area contributed by atoms with Gasteiger partial charge in [0.15, 0.2) is 0 Å². The van der Waals surface area contributed by atoms with Crippen molar-refractivity contribution < 1.29 is 46.5 Å². The third kappa shape index (κ3) is 10.7. The van der Waals surface area contributed by atoms with Crippen LogP contribution >= 0.6 is 23.5 Å². The van der Waals surface area contributed by atoms with Crippen molar-refractivity contribution in [2.75, 3.05) is 25.6 Å². The molecule has 0 fully saturated rings. The van der Waals surface area contributed by atoms with Gasteiger partial charge in [-0.1, -0.05) is 40.5 Å². The number of allylic oxidation sites excluding steroid dienone is 2. The number of nitrogens with two attached hydrogens (primary N) is 2. The Labute approximate surface area is 363 Å². The van der Waals surface area contributed by atoms with Gasteiger partial charge in [-0.15, -0.1) is 22.1 Å². The summed E-state index contributed by atoms with van der Waals surface area (Å²) in [5.74, 6) is -1.62. The van der Waals surface area contributed by atoms with Crippen LogP contribution < -0.4 is 32.1 Å². The Morgan fingerprint density at radius 2 is 1.02 bits per heavy atom. The number of carbonyl (C=O) groups is 4. The largest absolute Gasteiger partial charge is 2.00 e. The van der Waals surface area contributed by atoms with Crippen molar-refractivity contribution in [2.24, 2.45) is 11.5 Å². The van der Waals surface area contributed by atoms with Crippen LogP contribution in [0, 0.1) is 13.8 Å². The quantitative estimate of drug-likeness (QED) is 0.109. The Hall–Kier alpha value is -4.38. The summed E-state index contributed by atoms with van der Waals surface area (Å²) in [5.41, 5.74) is 24.4. The molecular formula is C42H52FeN8O6S2. The Balaban J connectivity index is 0.00000769. The molecule has 0 spiro atoms. The molecule has 3 aromatic rings. The number of rotatable bonds is 16. The molecule has 2 aliphatic heterocycles. The second-order valence-corrected chi connectivity index (χ2v) is 17.3. The summed E-state index contributed by atoms with van der Waals surface area (Å²) >= 11 is 3.09. The van der Waals surface area contributed by atoms with Gasteiger partial charge in [-0.3, -0.25) is 19.2 Å². The average molecular weight is 885 g/mol. The third-order valence-corrected chi connectivity index (χ3v) is 13.3. The minimum Gasteiger partial charge on any atom is -0.657 e. The van der Waals surface area contributed by atoms with Gasteiger partial charge in [0.25, 0.3) is 0 Å². The van der Waals surface area contributed by atoms with E-state index < -0.39 is 24.0 Å². The van der Waals surface area contributed by atoms with Crippen LogP contribution in [0.1, 0.15) is 85.6 Å². The third-order valence-electron chi connectivity index (χ3n) is 10.7. The van der Waals surface area contributed by atoms with Gasteiger partial charge in [-0.25, -0.2) is 9.97 Å². The molecule has 4 unspecified atom stereocenters. The zero-order valence-corrected chi connectivity index (χ0v) is 37.2. The Bertz CT molecular complexity index is 2370. The predicted molar refractivity (Wildman–Crippen MR) is 233 cm³/mol. The van der Waals surface area contributed by atoms with Gasteiger partial charge < -0.3 is 42.3 Å². The minimum atomic E-state index is -0.938. The van der Waals surface area contributed by atoms with Crippen LogP contribution in [0.4, 0.5) is 0 Å². The summed E-state index contributed by atoms with van der Waals surface area (Å²) in [6, 6.07) is 6.23. The Kier molecular flexibility index (Phi) is 16.2. The van der Waals surface area contributed by atoms with E-state index >= 15 is 0 Å². The molecule has 316 valence electrons. The fourth-order valence-electron chi connectivity index (χ4n) is 7.31. The maximum atomic E-state index is 12.3. The van der Waals surface area contributed by atoms with E-state index in [2.05, 4.69) is 24.5 Å². The van der Waals surface area contributed by atoms with Crippen molar-refractivity contribution in [3.05, 3.63) is 69.3 Å². The molecule has 14 nitrogen and oxygen atoms in total. The Morgan fingerprint density at radius 1 is 0.644 bits per heavy atom. The van der Waals surface area contributed by atoms with Gasteiger partial charge in [-0.2, -0.15) is 23.5 Å².